The van der Waals surface area contributed by atoms with E-state index in [1.807, 2.05) is 12.1 Å². The molecule has 0 unspecified atom stereocenters. The second-order valence-electron chi connectivity index (χ2n) is 9.51. The van der Waals surface area contributed by atoms with Crippen LogP contribution in [-0.2, 0) is 5.41 Å². The van der Waals surface area contributed by atoms with Crippen LogP contribution >= 0.6 is 0 Å². The molecule has 1 saturated heterocycles. The minimum absolute atomic E-state index is 0.285. The standard InChI is InChI=1S/C29H35N/c1-4-24-8-7-9-26(22-24)25-12-14-27(15-13-25)29(17-16-23(2)3)18-20-30(21-19-29)28-10-5-6-11-28/h1,7-9,12-15,22,28H,2,5-6,10-11,16-21H2,3H3. The van der Waals surface area contributed by atoms with Crippen molar-refractivity contribution >= 4 is 0 Å². The molecule has 2 fully saturated rings. The predicted octanol–water partition coefficient (Wildman–Crippen LogP) is 6.97. The van der Waals surface area contributed by atoms with E-state index in [-0.39, 0.29) is 5.41 Å². The van der Waals surface area contributed by atoms with Crippen LogP contribution in [0.1, 0.15) is 69.4 Å². The predicted molar refractivity (Wildman–Crippen MR) is 129 cm³/mol. The van der Waals surface area contributed by atoms with Gasteiger partial charge in [-0.05, 0) is 92.8 Å². The van der Waals surface area contributed by atoms with Gasteiger partial charge < -0.3 is 4.90 Å². The van der Waals surface area contributed by atoms with Gasteiger partial charge in [0.05, 0.1) is 0 Å². The Morgan fingerprint density at radius 1 is 1.07 bits per heavy atom. The number of likely N-dealkylation sites (tertiary alicyclic amines) is 1. The highest BCUT2D eigenvalue weighted by molar-refractivity contribution is 5.65. The maximum atomic E-state index is 5.59. The second-order valence-corrected chi connectivity index (χ2v) is 9.51. The monoisotopic (exact) mass is 397 g/mol. The fraction of sp³-hybridized carbons (Fsp3) is 0.448. The van der Waals surface area contributed by atoms with Crippen molar-refractivity contribution in [2.75, 3.05) is 13.1 Å². The summed E-state index contributed by atoms with van der Waals surface area (Å²) >= 11 is 0. The van der Waals surface area contributed by atoms with Gasteiger partial charge in [-0.2, -0.15) is 0 Å². The Bertz CT molecular complexity index is 900. The van der Waals surface area contributed by atoms with Crippen LogP contribution in [0.5, 0.6) is 0 Å². The van der Waals surface area contributed by atoms with Crippen molar-refractivity contribution in [2.45, 2.75) is 69.7 Å². The summed E-state index contributed by atoms with van der Waals surface area (Å²) in [6.45, 7) is 8.84. The molecule has 1 aliphatic heterocycles. The molecule has 0 atom stereocenters. The Morgan fingerprint density at radius 3 is 2.40 bits per heavy atom. The van der Waals surface area contributed by atoms with Gasteiger partial charge in [-0.3, -0.25) is 0 Å². The number of benzene rings is 2. The van der Waals surface area contributed by atoms with Gasteiger partial charge in [-0.15, -0.1) is 13.0 Å². The number of hydrogen-bond donors (Lipinski definition) is 0. The highest BCUT2D eigenvalue weighted by Crippen LogP contribution is 2.42. The van der Waals surface area contributed by atoms with E-state index in [4.69, 9.17) is 6.42 Å². The number of rotatable bonds is 6. The van der Waals surface area contributed by atoms with Crippen molar-refractivity contribution in [3.05, 3.63) is 71.8 Å². The van der Waals surface area contributed by atoms with Gasteiger partial charge >= 0.3 is 0 Å². The van der Waals surface area contributed by atoms with Crippen LogP contribution in [-0.4, -0.2) is 24.0 Å². The molecule has 1 saturated carbocycles. The lowest BCUT2D eigenvalue weighted by Crippen LogP contribution is -2.46. The van der Waals surface area contributed by atoms with Gasteiger partial charge in [-0.25, -0.2) is 0 Å². The Labute approximate surface area is 183 Å². The molecule has 0 N–H and O–H groups in total. The summed E-state index contributed by atoms with van der Waals surface area (Å²) in [6.07, 6.45) is 16.1. The Kier molecular flexibility index (Phi) is 6.45. The van der Waals surface area contributed by atoms with Crippen LogP contribution in [0.25, 0.3) is 11.1 Å². The van der Waals surface area contributed by atoms with E-state index in [0.717, 1.165) is 18.0 Å². The molecule has 156 valence electrons. The van der Waals surface area contributed by atoms with Crippen LogP contribution in [0.4, 0.5) is 0 Å². The molecule has 30 heavy (non-hydrogen) atoms. The quantitative estimate of drug-likeness (QED) is 0.376. The van der Waals surface area contributed by atoms with E-state index >= 15 is 0 Å². The molecule has 1 heteroatoms. The third kappa shape index (κ3) is 4.55. The highest BCUT2D eigenvalue weighted by atomic mass is 15.2. The second kappa shape index (κ2) is 9.23. The van der Waals surface area contributed by atoms with E-state index in [1.54, 1.807) is 0 Å². The lowest BCUT2D eigenvalue weighted by molar-refractivity contribution is 0.111. The summed E-state index contributed by atoms with van der Waals surface area (Å²) in [6, 6.07) is 18.5. The van der Waals surface area contributed by atoms with Gasteiger partial charge in [0.2, 0.25) is 0 Å². The maximum absolute atomic E-state index is 5.59. The lowest BCUT2D eigenvalue weighted by atomic mass is 9.69. The van der Waals surface area contributed by atoms with Crippen LogP contribution in [0, 0.1) is 12.3 Å². The van der Waals surface area contributed by atoms with E-state index in [2.05, 4.69) is 60.7 Å². The van der Waals surface area contributed by atoms with E-state index < -0.39 is 0 Å². The summed E-state index contributed by atoms with van der Waals surface area (Å²) in [5.41, 5.74) is 6.47. The molecule has 1 aliphatic carbocycles. The molecule has 2 aromatic carbocycles. The molecular weight excluding hydrogens is 362 g/mol. The first-order chi connectivity index (χ1) is 14.6. The van der Waals surface area contributed by atoms with Crippen LogP contribution in [0.3, 0.4) is 0 Å². The first-order valence-corrected chi connectivity index (χ1v) is 11.7. The molecule has 0 bridgehead atoms. The third-order valence-electron chi connectivity index (χ3n) is 7.49. The van der Waals surface area contributed by atoms with Crippen molar-refractivity contribution in [3.8, 4) is 23.5 Å². The summed E-state index contributed by atoms with van der Waals surface area (Å²) < 4.78 is 0. The first kappa shape index (κ1) is 21.0. The molecule has 0 radical (unpaired) electrons. The highest BCUT2D eigenvalue weighted by Gasteiger charge is 2.37. The first-order valence-electron chi connectivity index (χ1n) is 11.7. The van der Waals surface area contributed by atoms with Crippen molar-refractivity contribution in [1.82, 2.24) is 4.90 Å². The van der Waals surface area contributed by atoms with Gasteiger partial charge in [0.15, 0.2) is 0 Å². The Balaban J connectivity index is 1.55. The number of hydrogen-bond acceptors (Lipinski definition) is 1. The summed E-state index contributed by atoms with van der Waals surface area (Å²) in [7, 11) is 0. The molecular formula is C29H35N. The van der Waals surface area contributed by atoms with Gasteiger partial charge in [0, 0.05) is 11.6 Å². The average Bonchev–Trinajstić information content (AvgIpc) is 3.33. The molecule has 0 spiro atoms. The minimum atomic E-state index is 0.285. The van der Waals surface area contributed by atoms with Crippen LogP contribution in [0.2, 0.25) is 0 Å². The van der Waals surface area contributed by atoms with Gasteiger partial charge in [-0.1, -0.05) is 60.7 Å². The largest absolute Gasteiger partial charge is 0.300 e. The van der Waals surface area contributed by atoms with Gasteiger partial charge in [0.25, 0.3) is 0 Å². The van der Waals surface area contributed by atoms with Crippen molar-refractivity contribution in [1.29, 1.82) is 0 Å². The van der Waals surface area contributed by atoms with Crippen molar-refractivity contribution in [2.24, 2.45) is 0 Å². The third-order valence-corrected chi connectivity index (χ3v) is 7.49. The van der Waals surface area contributed by atoms with E-state index in [1.165, 1.54) is 80.3 Å². The summed E-state index contributed by atoms with van der Waals surface area (Å²) in [5.74, 6) is 2.75. The smallest absolute Gasteiger partial charge is 0.0248 e. The number of terminal acetylenes is 1. The zero-order valence-corrected chi connectivity index (χ0v) is 18.5. The zero-order chi connectivity index (χ0) is 21.0. The summed E-state index contributed by atoms with van der Waals surface area (Å²) in [5, 5.41) is 0. The molecule has 2 aliphatic rings. The molecule has 0 aromatic heterocycles. The maximum Gasteiger partial charge on any atom is 0.0248 e. The number of allylic oxidation sites excluding steroid dienone is 1. The minimum Gasteiger partial charge on any atom is -0.300 e. The molecule has 0 amide bonds. The van der Waals surface area contributed by atoms with E-state index in [0.29, 0.717) is 0 Å². The van der Waals surface area contributed by atoms with Crippen LogP contribution in [0.15, 0.2) is 60.7 Å². The Hall–Kier alpha value is -2.30. The number of nitrogens with zero attached hydrogens (tertiary/aromatic N) is 1. The average molecular weight is 398 g/mol. The molecule has 1 heterocycles. The van der Waals surface area contributed by atoms with Gasteiger partial charge in [0.1, 0.15) is 0 Å². The van der Waals surface area contributed by atoms with Crippen molar-refractivity contribution < 1.29 is 0 Å². The topological polar surface area (TPSA) is 3.24 Å². The normalized spacial score (nSPS) is 19.5. The van der Waals surface area contributed by atoms with Crippen molar-refractivity contribution in [3.63, 3.8) is 0 Å². The fourth-order valence-corrected chi connectivity index (χ4v) is 5.53. The SMILES string of the molecule is C#Cc1cccc(-c2ccc(C3(CCC(=C)C)CCN(C4CCCC4)CC3)cc2)c1. The molecule has 2 aromatic rings. The molecule has 1 nitrogen and oxygen atoms in total. The fourth-order valence-electron chi connectivity index (χ4n) is 5.53. The molecule has 4 rings (SSSR count). The Morgan fingerprint density at radius 2 is 1.77 bits per heavy atom. The number of piperidine rings is 1. The lowest BCUT2D eigenvalue weighted by Gasteiger charge is -2.44. The zero-order valence-electron chi connectivity index (χ0n) is 18.5. The van der Waals surface area contributed by atoms with Crippen LogP contribution < -0.4 is 0 Å². The van der Waals surface area contributed by atoms with E-state index in [9.17, 15) is 0 Å². The summed E-state index contributed by atoms with van der Waals surface area (Å²) in [4.78, 5) is 2.78.